The van der Waals surface area contributed by atoms with Crippen LogP contribution in [0.5, 0.6) is 0 Å². The van der Waals surface area contributed by atoms with Gasteiger partial charge in [0, 0.05) is 0 Å². The number of unbranched alkanes of at least 4 members (excludes halogenated alkanes) is 2. The molecule has 0 saturated heterocycles. The monoisotopic (exact) mass is 248 g/mol. The largest absolute Gasteiger partial charge is 0.464 e. The molecule has 0 rings (SSSR count). The Hall–Kier alpha value is -1.14. The van der Waals surface area contributed by atoms with Gasteiger partial charge in [0.1, 0.15) is 12.2 Å². The lowest BCUT2D eigenvalue weighted by atomic mass is 10.2. The van der Waals surface area contributed by atoms with Crippen LogP contribution in [0.1, 0.15) is 33.1 Å². The number of aliphatic hydroxyl groups is 2. The molecule has 0 aromatic heterocycles. The van der Waals surface area contributed by atoms with E-state index in [1.165, 1.54) is 13.8 Å². The first-order valence-electron chi connectivity index (χ1n) is 5.64. The lowest BCUT2D eigenvalue weighted by Gasteiger charge is -2.07. The summed E-state index contributed by atoms with van der Waals surface area (Å²) in [6.45, 7) is 3.18. The first-order chi connectivity index (χ1) is 7.95. The van der Waals surface area contributed by atoms with Crippen molar-refractivity contribution in [3.63, 3.8) is 0 Å². The third kappa shape index (κ3) is 8.65. The number of hydrogen-bond donors (Lipinski definition) is 2. The normalized spacial score (nSPS) is 13.9. The maximum absolute atomic E-state index is 10.8. The van der Waals surface area contributed by atoms with E-state index in [1.54, 1.807) is 0 Å². The summed E-state index contributed by atoms with van der Waals surface area (Å²) in [5.74, 6) is -1.27. The maximum atomic E-state index is 10.8. The van der Waals surface area contributed by atoms with Crippen LogP contribution in [-0.2, 0) is 19.1 Å². The number of aliphatic hydroxyl groups excluding tert-OH is 2. The van der Waals surface area contributed by atoms with Crippen LogP contribution in [0.3, 0.4) is 0 Å². The highest BCUT2D eigenvalue weighted by atomic mass is 16.5. The molecule has 0 aliphatic heterocycles. The summed E-state index contributed by atoms with van der Waals surface area (Å²) < 4.78 is 9.47. The zero-order chi connectivity index (χ0) is 13.3. The molecule has 0 aromatic rings. The van der Waals surface area contributed by atoms with Gasteiger partial charge in [-0.05, 0) is 33.1 Å². The Balaban J connectivity index is 3.30. The average molecular weight is 248 g/mol. The van der Waals surface area contributed by atoms with Crippen molar-refractivity contribution >= 4 is 11.9 Å². The minimum atomic E-state index is -1.10. The molecule has 2 atom stereocenters. The van der Waals surface area contributed by atoms with E-state index in [0.717, 1.165) is 6.42 Å². The Bertz CT molecular complexity index is 212. The van der Waals surface area contributed by atoms with Crippen LogP contribution in [0.25, 0.3) is 0 Å². The van der Waals surface area contributed by atoms with Crippen LogP contribution < -0.4 is 0 Å². The van der Waals surface area contributed by atoms with E-state index >= 15 is 0 Å². The van der Waals surface area contributed by atoms with Gasteiger partial charge < -0.3 is 19.7 Å². The van der Waals surface area contributed by atoms with E-state index < -0.39 is 24.1 Å². The number of carbonyl (C=O) groups is 2. The van der Waals surface area contributed by atoms with Gasteiger partial charge in [-0.2, -0.15) is 0 Å². The number of carbonyl (C=O) groups excluding carboxylic acids is 2. The molecular weight excluding hydrogens is 228 g/mol. The van der Waals surface area contributed by atoms with E-state index in [4.69, 9.17) is 19.7 Å². The highest BCUT2D eigenvalue weighted by Gasteiger charge is 2.10. The summed E-state index contributed by atoms with van der Waals surface area (Å²) in [7, 11) is 0. The predicted octanol–water partition coefficient (Wildman–Crippen LogP) is 0.00470. The minimum absolute atomic E-state index is 0.244. The number of hydrogen-bond acceptors (Lipinski definition) is 6. The lowest BCUT2D eigenvalue weighted by molar-refractivity contribution is -0.152. The zero-order valence-corrected chi connectivity index (χ0v) is 10.2. The van der Waals surface area contributed by atoms with Crippen LogP contribution in [-0.4, -0.2) is 47.6 Å². The van der Waals surface area contributed by atoms with Crippen molar-refractivity contribution in [3.05, 3.63) is 0 Å². The van der Waals surface area contributed by atoms with Crippen LogP contribution >= 0.6 is 0 Å². The molecule has 17 heavy (non-hydrogen) atoms. The van der Waals surface area contributed by atoms with Gasteiger partial charge in [-0.3, -0.25) is 0 Å². The molecule has 2 N–H and O–H groups in total. The fourth-order valence-corrected chi connectivity index (χ4v) is 0.968. The molecule has 6 heteroatoms. The van der Waals surface area contributed by atoms with Crippen molar-refractivity contribution < 1.29 is 29.3 Å². The summed E-state index contributed by atoms with van der Waals surface area (Å²) in [5, 5.41) is 17.6. The Morgan fingerprint density at radius 1 is 0.882 bits per heavy atom. The van der Waals surface area contributed by atoms with Crippen molar-refractivity contribution in [1.82, 2.24) is 0 Å². The minimum Gasteiger partial charge on any atom is -0.464 e. The fraction of sp³-hybridized carbons (Fsp3) is 0.818. The molecule has 0 radical (unpaired) electrons. The second-order valence-electron chi connectivity index (χ2n) is 3.75. The standard InChI is InChI=1S/C11H20O6/c1-8(12)10(14)16-6-4-3-5-7-17-11(15)9(2)13/h8-9,12-13H,3-7H2,1-2H3/t8-,9+. The molecule has 0 amide bonds. The molecule has 0 aliphatic carbocycles. The third-order valence-electron chi connectivity index (χ3n) is 1.96. The molecule has 0 bridgehead atoms. The Morgan fingerprint density at radius 3 is 1.53 bits per heavy atom. The van der Waals surface area contributed by atoms with Crippen LogP contribution in [0.4, 0.5) is 0 Å². The molecule has 6 nitrogen and oxygen atoms in total. The van der Waals surface area contributed by atoms with Gasteiger partial charge in [0.15, 0.2) is 0 Å². The summed E-state index contributed by atoms with van der Waals surface area (Å²) in [6.07, 6.45) is -0.167. The molecule has 0 aliphatic rings. The van der Waals surface area contributed by atoms with Gasteiger partial charge in [-0.1, -0.05) is 0 Å². The number of ether oxygens (including phenoxy) is 2. The van der Waals surface area contributed by atoms with Gasteiger partial charge in [-0.25, -0.2) is 9.59 Å². The molecule has 0 unspecified atom stereocenters. The van der Waals surface area contributed by atoms with Crippen molar-refractivity contribution in [1.29, 1.82) is 0 Å². The van der Waals surface area contributed by atoms with E-state index in [1.807, 2.05) is 0 Å². The molecular formula is C11H20O6. The lowest BCUT2D eigenvalue weighted by Crippen LogP contribution is -2.20. The molecule has 0 spiro atoms. The second-order valence-corrected chi connectivity index (χ2v) is 3.75. The van der Waals surface area contributed by atoms with Gasteiger partial charge >= 0.3 is 11.9 Å². The molecule has 0 fully saturated rings. The Morgan fingerprint density at radius 2 is 1.24 bits per heavy atom. The molecule has 0 saturated carbocycles. The van der Waals surface area contributed by atoms with E-state index in [9.17, 15) is 9.59 Å². The van der Waals surface area contributed by atoms with Gasteiger partial charge in [0.25, 0.3) is 0 Å². The number of rotatable bonds is 8. The highest BCUT2D eigenvalue weighted by molar-refractivity contribution is 5.74. The fourth-order valence-electron chi connectivity index (χ4n) is 0.968. The SMILES string of the molecule is C[C@H](O)C(=O)OCCCCCOC(=O)[C@@H](C)O. The quantitative estimate of drug-likeness (QED) is 0.464. The van der Waals surface area contributed by atoms with E-state index in [-0.39, 0.29) is 13.2 Å². The topological polar surface area (TPSA) is 93.1 Å². The molecule has 0 aromatic carbocycles. The van der Waals surface area contributed by atoms with Gasteiger partial charge in [0.05, 0.1) is 13.2 Å². The van der Waals surface area contributed by atoms with Crippen molar-refractivity contribution in [2.75, 3.05) is 13.2 Å². The Kier molecular flexibility index (Phi) is 8.35. The zero-order valence-electron chi connectivity index (χ0n) is 10.2. The summed E-state index contributed by atoms with van der Waals surface area (Å²) >= 11 is 0. The number of esters is 2. The third-order valence-corrected chi connectivity index (χ3v) is 1.96. The predicted molar refractivity (Wildman–Crippen MR) is 59.1 cm³/mol. The Labute approximate surface area is 101 Å². The molecule has 100 valence electrons. The van der Waals surface area contributed by atoms with Crippen LogP contribution in [0.2, 0.25) is 0 Å². The average Bonchev–Trinajstić information content (AvgIpc) is 2.26. The first-order valence-corrected chi connectivity index (χ1v) is 5.64. The van der Waals surface area contributed by atoms with Crippen LogP contribution in [0, 0.1) is 0 Å². The molecule has 0 heterocycles. The van der Waals surface area contributed by atoms with Gasteiger partial charge in [0.2, 0.25) is 0 Å². The smallest absolute Gasteiger partial charge is 0.334 e. The summed E-state index contributed by atoms with van der Waals surface area (Å²) in [6, 6.07) is 0. The summed E-state index contributed by atoms with van der Waals surface area (Å²) in [4.78, 5) is 21.7. The highest BCUT2D eigenvalue weighted by Crippen LogP contribution is 1.99. The van der Waals surface area contributed by atoms with Crippen molar-refractivity contribution in [2.24, 2.45) is 0 Å². The van der Waals surface area contributed by atoms with E-state index in [2.05, 4.69) is 0 Å². The van der Waals surface area contributed by atoms with Crippen molar-refractivity contribution in [2.45, 2.75) is 45.3 Å². The van der Waals surface area contributed by atoms with Gasteiger partial charge in [-0.15, -0.1) is 0 Å². The maximum Gasteiger partial charge on any atom is 0.334 e. The second kappa shape index (κ2) is 8.95. The summed E-state index contributed by atoms with van der Waals surface area (Å²) in [5.41, 5.74) is 0. The van der Waals surface area contributed by atoms with E-state index in [0.29, 0.717) is 12.8 Å². The van der Waals surface area contributed by atoms with Crippen molar-refractivity contribution in [3.8, 4) is 0 Å². The van der Waals surface area contributed by atoms with Crippen LogP contribution in [0.15, 0.2) is 0 Å². The first kappa shape index (κ1) is 15.9.